The first-order valence-corrected chi connectivity index (χ1v) is 4.97. The molecule has 0 spiro atoms. The fourth-order valence-corrected chi connectivity index (χ4v) is 1.78. The van der Waals surface area contributed by atoms with E-state index in [9.17, 15) is 0 Å². The molecule has 1 heterocycles. The first-order valence-electron chi connectivity index (χ1n) is 4.97. The zero-order valence-corrected chi connectivity index (χ0v) is 9.04. The van der Waals surface area contributed by atoms with Crippen LogP contribution in [0.1, 0.15) is 44.9 Å². The van der Waals surface area contributed by atoms with Crippen LogP contribution in [0.3, 0.4) is 0 Å². The lowest BCUT2D eigenvalue weighted by Gasteiger charge is -2.24. The second-order valence-electron chi connectivity index (χ2n) is 4.15. The average molecular weight is 188 g/mol. The van der Waals surface area contributed by atoms with E-state index in [1.807, 2.05) is 12.1 Å². The van der Waals surface area contributed by atoms with Gasteiger partial charge in [-0.05, 0) is 18.6 Å². The van der Waals surface area contributed by atoms with Crippen LogP contribution >= 0.6 is 0 Å². The van der Waals surface area contributed by atoms with E-state index < -0.39 is 0 Å². The molecule has 0 aromatic carbocycles. The van der Waals surface area contributed by atoms with Crippen LogP contribution in [0.5, 0.6) is 0 Å². The number of rotatable bonds is 3. The van der Waals surface area contributed by atoms with Gasteiger partial charge in [0.05, 0.1) is 11.3 Å². The zero-order chi connectivity index (χ0) is 10.6. The van der Waals surface area contributed by atoms with E-state index in [1.54, 1.807) is 6.20 Å². The quantitative estimate of drug-likeness (QED) is 0.731. The molecule has 0 amide bonds. The summed E-state index contributed by atoms with van der Waals surface area (Å²) in [7, 11) is 0. The minimum atomic E-state index is 0.00106. The predicted molar refractivity (Wildman–Crippen MR) is 56.9 cm³/mol. The molecule has 0 fully saturated rings. The number of nitrogens with zero attached hydrogens (tertiary/aromatic N) is 2. The molecule has 0 N–H and O–H groups in total. The highest BCUT2D eigenvalue weighted by Crippen LogP contribution is 2.28. The third kappa shape index (κ3) is 2.11. The summed E-state index contributed by atoms with van der Waals surface area (Å²) in [6, 6.07) is 5.84. The van der Waals surface area contributed by atoms with E-state index in [4.69, 9.17) is 5.26 Å². The van der Waals surface area contributed by atoms with Gasteiger partial charge in [0.15, 0.2) is 0 Å². The van der Waals surface area contributed by atoms with Crippen molar-refractivity contribution in [2.24, 2.45) is 0 Å². The molecule has 1 aromatic rings. The molecule has 0 aliphatic carbocycles. The predicted octanol–water partition coefficient (Wildman–Crippen LogP) is 3.03. The van der Waals surface area contributed by atoms with Crippen LogP contribution in [0, 0.1) is 11.3 Å². The third-order valence-corrected chi connectivity index (χ3v) is 2.44. The second-order valence-corrected chi connectivity index (χ2v) is 4.15. The third-order valence-electron chi connectivity index (χ3n) is 2.44. The van der Waals surface area contributed by atoms with Crippen LogP contribution in [-0.4, -0.2) is 4.98 Å². The highest BCUT2D eigenvalue weighted by atomic mass is 14.7. The average Bonchev–Trinajstić information content (AvgIpc) is 2.18. The molecule has 2 heteroatoms. The van der Waals surface area contributed by atoms with Gasteiger partial charge in [-0.3, -0.25) is 4.98 Å². The molecule has 1 aromatic heterocycles. The Kier molecular flexibility index (Phi) is 3.24. The summed E-state index contributed by atoms with van der Waals surface area (Å²) in [4.78, 5) is 4.32. The van der Waals surface area contributed by atoms with Crippen molar-refractivity contribution in [1.29, 1.82) is 5.26 Å². The molecule has 0 unspecified atom stereocenters. The van der Waals surface area contributed by atoms with Gasteiger partial charge in [0.25, 0.3) is 0 Å². The fraction of sp³-hybridized carbons (Fsp3) is 0.500. The number of hydrogen-bond donors (Lipinski definition) is 0. The molecule has 1 rings (SSSR count). The van der Waals surface area contributed by atoms with Gasteiger partial charge < -0.3 is 0 Å². The molecule has 0 radical (unpaired) electrons. The Morgan fingerprint density at radius 2 is 2.21 bits per heavy atom. The van der Waals surface area contributed by atoms with Crippen LogP contribution in [0.2, 0.25) is 0 Å². The van der Waals surface area contributed by atoms with Gasteiger partial charge in [-0.1, -0.05) is 27.2 Å². The van der Waals surface area contributed by atoms with Crippen molar-refractivity contribution in [3.63, 3.8) is 0 Å². The zero-order valence-electron chi connectivity index (χ0n) is 9.04. The largest absolute Gasteiger partial charge is 0.259 e. The molecule has 0 atom stereocenters. The van der Waals surface area contributed by atoms with E-state index in [0.717, 1.165) is 18.5 Å². The van der Waals surface area contributed by atoms with Gasteiger partial charge in [0.1, 0.15) is 6.07 Å². The molecule has 74 valence electrons. The molecule has 0 aliphatic rings. The Morgan fingerprint density at radius 3 is 2.79 bits per heavy atom. The summed E-state index contributed by atoms with van der Waals surface area (Å²) in [5.74, 6) is 0. The van der Waals surface area contributed by atoms with Crippen LogP contribution < -0.4 is 0 Å². The lowest BCUT2D eigenvalue weighted by Crippen LogP contribution is -2.20. The second kappa shape index (κ2) is 4.23. The highest BCUT2D eigenvalue weighted by Gasteiger charge is 2.23. The fourth-order valence-electron chi connectivity index (χ4n) is 1.78. The van der Waals surface area contributed by atoms with Crippen LogP contribution in [0.25, 0.3) is 0 Å². The van der Waals surface area contributed by atoms with Crippen LogP contribution in [0.4, 0.5) is 0 Å². The monoisotopic (exact) mass is 188 g/mol. The molecule has 0 saturated carbocycles. The maximum absolute atomic E-state index is 8.96. The molecule has 0 bridgehead atoms. The summed E-state index contributed by atoms with van der Waals surface area (Å²) >= 11 is 0. The topological polar surface area (TPSA) is 36.7 Å². The summed E-state index contributed by atoms with van der Waals surface area (Å²) in [6.07, 6.45) is 3.92. The van der Waals surface area contributed by atoms with Crippen molar-refractivity contribution in [1.82, 2.24) is 4.98 Å². The van der Waals surface area contributed by atoms with Crippen molar-refractivity contribution < 1.29 is 0 Å². The van der Waals surface area contributed by atoms with Crippen LogP contribution in [0.15, 0.2) is 18.3 Å². The molecule has 0 saturated heterocycles. The lowest BCUT2D eigenvalue weighted by atomic mass is 9.82. The van der Waals surface area contributed by atoms with Crippen molar-refractivity contribution in [2.45, 2.75) is 39.0 Å². The van der Waals surface area contributed by atoms with E-state index >= 15 is 0 Å². The van der Waals surface area contributed by atoms with E-state index in [-0.39, 0.29) is 5.41 Å². The summed E-state index contributed by atoms with van der Waals surface area (Å²) < 4.78 is 0. The highest BCUT2D eigenvalue weighted by molar-refractivity contribution is 5.36. The Balaban J connectivity index is 3.12. The number of hydrogen-bond acceptors (Lipinski definition) is 2. The van der Waals surface area contributed by atoms with Gasteiger partial charge in [0, 0.05) is 11.6 Å². The Bertz CT molecular complexity index is 348. The molecular formula is C12H16N2. The van der Waals surface area contributed by atoms with Crippen molar-refractivity contribution in [3.8, 4) is 6.07 Å². The van der Waals surface area contributed by atoms with E-state index in [0.29, 0.717) is 5.56 Å². The molecule has 2 nitrogen and oxygen atoms in total. The Hall–Kier alpha value is -1.36. The van der Waals surface area contributed by atoms with E-state index in [1.165, 1.54) is 0 Å². The Morgan fingerprint density at radius 1 is 1.50 bits per heavy atom. The van der Waals surface area contributed by atoms with Crippen LogP contribution in [-0.2, 0) is 5.41 Å². The smallest absolute Gasteiger partial charge is 0.101 e. The normalized spacial score (nSPS) is 11.0. The SMILES string of the molecule is CCCC(C)(C)c1ncccc1C#N. The first kappa shape index (κ1) is 10.7. The van der Waals surface area contributed by atoms with Gasteiger partial charge in [-0.15, -0.1) is 0 Å². The van der Waals surface area contributed by atoms with Gasteiger partial charge in [0.2, 0.25) is 0 Å². The minimum Gasteiger partial charge on any atom is -0.259 e. The van der Waals surface area contributed by atoms with Gasteiger partial charge in [-0.2, -0.15) is 5.26 Å². The molecule has 0 aliphatic heterocycles. The van der Waals surface area contributed by atoms with Crippen molar-refractivity contribution in [2.75, 3.05) is 0 Å². The number of aromatic nitrogens is 1. The standard InChI is InChI=1S/C12H16N2/c1-4-7-12(2,3)11-10(9-13)6-5-8-14-11/h5-6,8H,4,7H2,1-3H3. The Labute approximate surface area is 85.6 Å². The lowest BCUT2D eigenvalue weighted by molar-refractivity contribution is 0.458. The first-order chi connectivity index (χ1) is 6.61. The van der Waals surface area contributed by atoms with Gasteiger partial charge >= 0.3 is 0 Å². The summed E-state index contributed by atoms with van der Waals surface area (Å²) in [5, 5.41) is 8.96. The van der Waals surface area contributed by atoms with E-state index in [2.05, 4.69) is 31.8 Å². The van der Waals surface area contributed by atoms with Gasteiger partial charge in [-0.25, -0.2) is 0 Å². The maximum Gasteiger partial charge on any atom is 0.101 e. The van der Waals surface area contributed by atoms with Crippen molar-refractivity contribution >= 4 is 0 Å². The van der Waals surface area contributed by atoms with Crippen molar-refractivity contribution in [3.05, 3.63) is 29.6 Å². The number of nitriles is 1. The molecule has 14 heavy (non-hydrogen) atoms. The summed E-state index contributed by atoms with van der Waals surface area (Å²) in [6.45, 7) is 6.43. The molecular weight excluding hydrogens is 172 g/mol. The summed E-state index contributed by atoms with van der Waals surface area (Å²) in [5.41, 5.74) is 1.62. The minimum absolute atomic E-state index is 0.00106. The number of pyridine rings is 1. The maximum atomic E-state index is 8.96.